The second-order valence-electron chi connectivity index (χ2n) is 6.38. The topological polar surface area (TPSA) is 61.4 Å². The molecular weight excluding hydrogens is 458 g/mol. The maximum Gasteiger partial charge on any atom is 0.191 e. The fourth-order valence-corrected chi connectivity index (χ4v) is 3.13. The molecule has 0 aliphatic carbocycles. The van der Waals surface area contributed by atoms with Crippen LogP contribution in [0.2, 0.25) is 0 Å². The lowest BCUT2D eigenvalue weighted by atomic mass is 10.1. The van der Waals surface area contributed by atoms with E-state index in [4.69, 9.17) is 4.74 Å². The highest BCUT2D eigenvalue weighted by Gasteiger charge is 2.06. The molecule has 0 saturated carbocycles. The summed E-state index contributed by atoms with van der Waals surface area (Å²) in [5.41, 5.74) is 3.44. The largest absolute Gasteiger partial charge is 0.377 e. The summed E-state index contributed by atoms with van der Waals surface area (Å²) in [4.78, 5) is 7.78. The lowest BCUT2D eigenvalue weighted by Crippen LogP contribution is -2.38. The molecule has 3 rings (SSSR count). The zero-order valence-corrected chi connectivity index (χ0v) is 18.0. The van der Waals surface area contributed by atoms with Gasteiger partial charge in [-0.2, -0.15) is 0 Å². The number of rotatable bonds is 7. The van der Waals surface area contributed by atoms with Gasteiger partial charge in [-0.1, -0.05) is 11.6 Å². The number of hydrogen-bond donors (Lipinski definition) is 3. The van der Waals surface area contributed by atoms with Crippen molar-refractivity contribution in [2.24, 2.45) is 4.99 Å². The minimum atomic E-state index is -0.220. The third kappa shape index (κ3) is 6.49. The molecule has 0 unspecified atom stereocenters. The van der Waals surface area contributed by atoms with Gasteiger partial charge in [-0.3, -0.25) is 4.99 Å². The number of ether oxygens (including phenoxy) is 1. The van der Waals surface area contributed by atoms with E-state index in [0.29, 0.717) is 6.54 Å². The van der Waals surface area contributed by atoms with E-state index in [-0.39, 0.29) is 29.8 Å². The Bertz CT molecular complexity index is 787. The van der Waals surface area contributed by atoms with Crippen LogP contribution in [0.5, 0.6) is 0 Å². The Kier molecular flexibility index (Phi) is 9.06. The minimum Gasteiger partial charge on any atom is -0.377 e. The van der Waals surface area contributed by atoms with Crippen LogP contribution in [-0.4, -0.2) is 43.8 Å². The van der Waals surface area contributed by atoms with Gasteiger partial charge in [0.25, 0.3) is 0 Å². The molecule has 7 heteroatoms. The molecule has 2 heterocycles. The fraction of sp³-hybridized carbons (Fsp3) is 0.450. The van der Waals surface area contributed by atoms with Crippen molar-refractivity contribution >= 4 is 40.8 Å². The number of guanidine groups is 1. The molecule has 0 amide bonds. The third-order valence-electron chi connectivity index (χ3n) is 4.52. The number of H-pyrrole nitrogens is 1. The van der Waals surface area contributed by atoms with E-state index in [1.807, 2.05) is 12.3 Å². The van der Waals surface area contributed by atoms with Gasteiger partial charge in [0.2, 0.25) is 0 Å². The van der Waals surface area contributed by atoms with E-state index in [1.165, 1.54) is 17.7 Å². The van der Waals surface area contributed by atoms with Crippen molar-refractivity contribution < 1.29 is 9.13 Å². The van der Waals surface area contributed by atoms with Gasteiger partial charge in [-0.15, -0.1) is 24.0 Å². The molecule has 0 radical (unpaired) electrons. The number of aromatic nitrogens is 1. The minimum absolute atomic E-state index is 0. The fourth-order valence-electron chi connectivity index (χ4n) is 3.13. The second-order valence-corrected chi connectivity index (χ2v) is 6.38. The number of hydrogen-bond acceptors (Lipinski definition) is 2. The Morgan fingerprint density at radius 1 is 1.30 bits per heavy atom. The molecule has 1 aromatic heterocycles. The molecule has 27 heavy (non-hydrogen) atoms. The quantitative estimate of drug-likeness (QED) is 0.242. The number of nitrogens with zero attached hydrogens (tertiary/aromatic N) is 1. The molecule has 1 aromatic carbocycles. The summed E-state index contributed by atoms with van der Waals surface area (Å²) in [7, 11) is 0. The third-order valence-corrected chi connectivity index (χ3v) is 4.52. The lowest BCUT2D eigenvalue weighted by molar-refractivity contribution is 0.153. The van der Waals surface area contributed by atoms with E-state index >= 15 is 0 Å². The van der Waals surface area contributed by atoms with Crippen molar-refractivity contribution in [3.63, 3.8) is 0 Å². The van der Waals surface area contributed by atoms with Crippen molar-refractivity contribution in [3.05, 3.63) is 47.4 Å². The van der Waals surface area contributed by atoms with Crippen LogP contribution >= 0.6 is 24.0 Å². The first-order valence-corrected chi connectivity index (χ1v) is 9.29. The van der Waals surface area contributed by atoms with Crippen LogP contribution in [0.25, 0.3) is 10.9 Å². The average molecular weight is 486 g/mol. The van der Waals surface area contributed by atoms with Crippen LogP contribution in [0.1, 0.15) is 25.3 Å². The summed E-state index contributed by atoms with van der Waals surface area (Å²) >= 11 is 0. The van der Waals surface area contributed by atoms with E-state index < -0.39 is 0 Å². The Morgan fingerprint density at radius 3 is 2.96 bits per heavy atom. The molecule has 0 bridgehead atoms. The van der Waals surface area contributed by atoms with Gasteiger partial charge in [0.1, 0.15) is 5.82 Å². The van der Waals surface area contributed by atoms with Crippen LogP contribution < -0.4 is 10.6 Å². The maximum atomic E-state index is 13.3. The summed E-state index contributed by atoms with van der Waals surface area (Å²) in [5.74, 6) is 0.619. The smallest absolute Gasteiger partial charge is 0.191 e. The van der Waals surface area contributed by atoms with Gasteiger partial charge >= 0.3 is 0 Å². The van der Waals surface area contributed by atoms with Crippen LogP contribution in [0.3, 0.4) is 0 Å². The summed E-state index contributed by atoms with van der Waals surface area (Å²) in [5, 5.41) is 7.74. The first-order valence-electron chi connectivity index (χ1n) is 9.29. The van der Waals surface area contributed by atoms with Gasteiger partial charge in [-0.05, 0) is 49.9 Å². The maximum absolute atomic E-state index is 13.3. The monoisotopic (exact) mass is 486 g/mol. The molecule has 3 N–H and O–H groups in total. The van der Waals surface area contributed by atoms with Crippen molar-refractivity contribution in [1.29, 1.82) is 0 Å². The first kappa shape index (κ1) is 21.7. The Labute approximate surface area is 176 Å². The average Bonchev–Trinajstić information content (AvgIpc) is 3.04. The number of aliphatic imine (C=N–C) groups is 1. The predicted octanol–water partition coefficient (Wildman–Crippen LogP) is 3.76. The first-order chi connectivity index (χ1) is 12.8. The van der Waals surface area contributed by atoms with Crippen molar-refractivity contribution in [1.82, 2.24) is 15.6 Å². The molecule has 0 saturated heterocycles. The van der Waals surface area contributed by atoms with Crippen molar-refractivity contribution in [2.75, 3.05) is 32.8 Å². The van der Waals surface area contributed by atoms with Gasteiger partial charge in [0.05, 0.1) is 13.2 Å². The van der Waals surface area contributed by atoms with Gasteiger partial charge in [0.15, 0.2) is 5.96 Å². The van der Waals surface area contributed by atoms with Gasteiger partial charge in [-0.25, -0.2) is 4.39 Å². The Morgan fingerprint density at radius 2 is 2.19 bits per heavy atom. The normalized spacial score (nSPS) is 14.6. The molecule has 5 nitrogen and oxygen atoms in total. The number of nitrogens with one attached hydrogen (secondary N) is 3. The molecular formula is C20H28FIN4O. The summed E-state index contributed by atoms with van der Waals surface area (Å²) in [6.07, 6.45) is 6.97. The molecule has 0 atom stereocenters. The molecule has 148 valence electrons. The second kappa shape index (κ2) is 11.3. The SMILES string of the molecule is CCNC(=NCCc1c[nH]c2cc(F)ccc12)NCCC1=CCOCC1.I. The molecule has 1 aliphatic heterocycles. The number of halogens is 2. The van der Waals surface area contributed by atoms with E-state index in [9.17, 15) is 4.39 Å². The van der Waals surface area contributed by atoms with E-state index in [2.05, 4.69) is 33.6 Å². The molecule has 2 aromatic rings. The molecule has 0 fully saturated rings. The summed E-state index contributed by atoms with van der Waals surface area (Å²) in [6.45, 7) is 5.99. The highest BCUT2D eigenvalue weighted by atomic mass is 127. The highest BCUT2D eigenvalue weighted by molar-refractivity contribution is 14.0. The summed E-state index contributed by atoms with van der Waals surface area (Å²) < 4.78 is 18.6. The number of benzene rings is 1. The van der Waals surface area contributed by atoms with Crippen LogP contribution in [0, 0.1) is 5.82 Å². The zero-order chi connectivity index (χ0) is 18.2. The van der Waals surface area contributed by atoms with E-state index in [0.717, 1.165) is 68.0 Å². The zero-order valence-electron chi connectivity index (χ0n) is 15.7. The van der Waals surface area contributed by atoms with Gasteiger partial charge in [0, 0.05) is 36.7 Å². The Balaban J connectivity index is 0.00000261. The highest BCUT2D eigenvalue weighted by Crippen LogP contribution is 2.19. The van der Waals surface area contributed by atoms with Crippen LogP contribution in [0.4, 0.5) is 4.39 Å². The number of aromatic amines is 1. The molecule has 0 spiro atoms. The van der Waals surface area contributed by atoms with Crippen molar-refractivity contribution in [3.8, 4) is 0 Å². The lowest BCUT2D eigenvalue weighted by Gasteiger charge is -2.15. The number of fused-ring (bicyclic) bond motifs is 1. The summed E-state index contributed by atoms with van der Waals surface area (Å²) in [6, 6.07) is 4.85. The van der Waals surface area contributed by atoms with E-state index in [1.54, 1.807) is 0 Å². The predicted molar refractivity (Wildman–Crippen MR) is 119 cm³/mol. The standard InChI is InChI=1S/C20H27FN4O.HI/c1-2-22-20(23-9-5-15-7-11-26-12-8-15)24-10-6-16-14-25-19-13-17(21)3-4-18(16)19;/h3-4,7,13-14,25H,2,5-6,8-12H2,1H3,(H2,22,23,24);1H. The van der Waals surface area contributed by atoms with Crippen LogP contribution in [0.15, 0.2) is 41.0 Å². The molecule has 1 aliphatic rings. The van der Waals surface area contributed by atoms with Crippen LogP contribution in [-0.2, 0) is 11.2 Å². The van der Waals surface area contributed by atoms with Crippen molar-refractivity contribution in [2.45, 2.75) is 26.2 Å². The van der Waals surface area contributed by atoms with Gasteiger partial charge < -0.3 is 20.4 Å². The Hall–Kier alpha value is -1.61.